The van der Waals surface area contributed by atoms with Crippen molar-refractivity contribution in [1.29, 1.82) is 0 Å². The molecule has 4 nitrogen and oxygen atoms in total. The molecule has 1 N–H and O–H groups in total. The van der Waals surface area contributed by atoms with Crippen molar-refractivity contribution < 1.29 is 4.79 Å². The summed E-state index contributed by atoms with van der Waals surface area (Å²) in [6.45, 7) is 5.01. The molecule has 2 aromatic rings. The Morgan fingerprint density at radius 1 is 1.35 bits per heavy atom. The predicted molar refractivity (Wildman–Crippen MR) is 78.8 cm³/mol. The van der Waals surface area contributed by atoms with Crippen molar-refractivity contribution in [3.8, 4) is 0 Å². The molecule has 1 aromatic heterocycles. The number of nitrogens with one attached hydrogen (secondary N) is 1. The molecule has 1 heterocycles. The van der Waals surface area contributed by atoms with Gasteiger partial charge in [-0.1, -0.05) is 6.07 Å². The van der Waals surface area contributed by atoms with Crippen LogP contribution in [0.1, 0.15) is 34.3 Å². The van der Waals surface area contributed by atoms with Crippen molar-refractivity contribution in [2.45, 2.75) is 33.2 Å². The third-order valence-electron chi connectivity index (χ3n) is 3.80. The van der Waals surface area contributed by atoms with Crippen LogP contribution in [0.25, 0.3) is 0 Å². The minimum absolute atomic E-state index is 0.0842. The first-order chi connectivity index (χ1) is 9.61. The number of hydrogen-bond acceptors (Lipinski definition) is 2. The minimum atomic E-state index is -0.0842. The van der Waals surface area contributed by atoms with Gasteiger partial charge in [0.05, 0.1) is 11.9 Å². The fourth-order valence-corrected chi connectivity index (χ4v) is 2.18. The monoisotopic (exact) mass is 269 g/mol. The molecular formula is C16H19N3O. The van der Waals surface area contributed by atoms with E-state index in [0.717, 1.165) is 23.7 Å². The van der Waals surface area contributed by atoms with Gasteiger partial charge in [-0.2, -0.15) is 5.10 Å². The summed E-state index contributed by atoms with van der Waals surface area (Å²) in [7, 11) is 0. The Hall–Kier alpha value is -2.10. The van der Waals surface area contributed by atoms with Crippen LogP contribution in [0.15, 0.2) is 30.6 Å². The van der Waals surface area contributed by atoms with E-state index in [0.29, 0.717) is 5.56 Å². The van der Waals surface area contributed by atoms with Gasteiger partial charge >= 0.3 is 0 Å². The first kappa shape index (κ1) is 12.9. The van der Waals surface area contributed by atoms with Crippen molar-refractivity contribution in [3.63, 3.8) is 0 Å². The highest BCUT2D eigenvalue weighted by molar-refractivity contribution is 6.04. The van der Waals surface area contributed by atoms with Gasteiger partial charge in [-0.15, -0.1) is 0 Å². The molecule has 1 amide bonds. The molecule has 4 heteroatoms. The van der Waals surface area contributed by atoms with Crippen LogP contribution in [0.5, 0.6) is 0 Å². The summed E-state index contributed by atoms with van der Waals surface area (Å²) in [6.07, 6.45) is 6.20. The van der Waals surface area contributed by atoms with E-state index < -0.39 is 0 Å². The zero-order valence-electron chi connectivity index (χ0n) is 11.9. The molecule has 1 aliphatic rings. The number of nitrogens with zero attached hydrogens (tertiary/aromatic N) is 2. The summed E-state index contributed by atoms with van der Waals surface area (Å²) in [4.78, 5) is 12.2. The molecular weight excluding hydrogens is 250 g/mol. The zero-order chi connectivity index (χ0) is 14.1. The SMILES string of the molecule is Cc1ccc(C(=O)Nc2cnn(CC3CC3)c2)cc1C. The fraction of sp³-hybridized carbons (Fsp3) is 0.375. The Kier molecular flexibility index (Phi) is 3.30. The lowest BCUT2D eigenvalue weighted by molar-refractivity contribution is 0.102. The second-order valence-corrected chi connectivity index (χ2v) is 5.65. The molecule has 0 atom stereocenters. The topological polar surface area (TPSA) is 46.9 Å². The molecule has 0 spiro atoms. The average Bonchev–Trinajstić information content (AvgIpc) is 3.12. The second kappa shape index (κ2) is 5.12. The lowest BCUT2D eigenvalue weighted by atomic mass is 10.1. The fourth-order valence-electron chi connectivity index (χ4n) is 2.18. The molecule has 1 saturated carbocycles. The molecule has 20 heavy (non-hydrogen) atoms. The number of benzene rings is 1. The number of amides is 1. The Bertz CT molecular complexity index is 641. The van der Waals surface area contributed by atoms with Crippen LogP contribution in [0.3, 0.4) is 0 Å². The van der Waals surface area contributed by atoms with E-state index in [-0.39, 0.29) is 5.91 Å². The van der Waals surface area contributed by atoms with Crippen molar-refractivity contribution in [2.24, 2.45) is 5.92 Å². The number of aryl methyl sites for hydroxylation is 2. The molecule has 0 radical (unpaired) electrons. The van der Waals surface area contributed by atoms with Gasteiger partial charge in [0.15, 0.2) is 0 Å². The van der Waals surface area contributed by atoms with Crippen LogP contribution >= 0.6 is 0 Å². The summed E-state index contributed by atoms with van der Waals surface area (Å²) in [5.41, 5.74) is 3.76. The summed E-state index contributed by atoms with van der Waals surface area (Å²) >= 11 is 0. The largest absolute Gasteiger partial charge is 0.319 e. The molecule has 1 aromatic carbocycles. The second-order valence-electron chi connectivity index (χ2n) is 5.65. The molecule has 1 aliphatic carbocycles. The van der Waals surface area contributed by atoms with Crippen LogP contribution in [0.4, 0.5) is 5.69 Å². The number of anilines is 1. The maximum absolute atomic E-state index is 12.2. The highest BCUT2D eigenvalue weighted by atomic mass is 16.1. The van der Waals surface area contributed by atoms with E-state index >= 15 is 0 Å². The standard InChI is InChI=1S/C16H19N3O/c1-11-3-6-14(7-12(11)2)16(20)18-15-8-17-19(10-15)9-13-4-5-13/h3,6-8,10,13H,4-5,9H2,1-2H3,(H,18,20). The van der Waals surface area contributed by atoms with E-state index in [1.165, 1.54) is 18.4 Å². The lowest BCUT2D eigenvalue weighted by Crippen LogP contribution is -2.11. The van der Waals surface area contributed by atoms with Crippen LogP contribution in [0, 0.1) is 19.8 Å². The zero-order valence-corrected chi connectivity index (χ0v) is 11.9. The third kappa shape index (κ3) is 2.90. The number of aromatic nitrogens is 2. The number of rotatable bonds is 4. The van der Waals surface area contributed by atoms with Gasteiger partial charge < -0.3 is 5.32 Å². The quantitative estimate of drug-likeness (QED) is 0.926. The number of carbonyl (C=O) groups is 1. The maximum Gasteiger partial charge on any atom is 0.255 e. The van der Waals surface area contributed by atoms with E-state index in [1.54, 1.807) is 6.20 Å². The molecule has 0 bridgehead atoms. The van der Waals surface area contributed by atoms with E-state index in [9.17, 15) is 4.79 Å². The Labute approximate surface area is 118 Å². The molecule has 104 valence electrons. The molecule has 0 unspecified atom stereocenters. The van der Waals surface area contributed by atoms with Crippen molar-refractivity contribution in [3.05, 3.63) is 47.3 Å². The lowest BCUT2D eigenvalue weighted by Gasteiger charge is -2.05. The third-order valence-corrected chi connectivity index (χ3v) is 3.80. The molecule has 0 saturated heterocycles. The summed E-state index contributed by atoms with van der Waals surface area (Å²) in [5.74, 6) is 0.692. The number of carbonyl (C=O) groups excluding carboxylic acids is 1. The molecule has 1 fully saturated rings. The van der Waals surface area contributed by atoms with Gasteiger partial charge in [-0.3, -0.25) is 9.48 Å². The van der Waals surface area contributed by atoms with E-state index in [1.807, 2.05) is 42.9 Å². The summed E-state index contributed by atoms with van der Waals surface area (Å²) in [6, 6.07) is 5.74. The van der Waals surface area contributed by atoms with Gasteiger partial charge in [-0.05, 0) is 55.9 Å². The predicted octanol–water partition coefficient (Wildman–Crippen LogP) is 3.16. The van der Waals surface area contributed by atoms with Gasteiger partial charge in [-0.25, -0.2) is 0 Å². The normalized spacial score (nSPS) is 14.3. The molecule has 0 aliphatic heterocycles. The van der Waals surface area contributed by atoms with Crippen LogP contribution in [-0.2, 0) is 6.54 Å². The van der Waals surface area contributed by atoms with Crippen molar-refractivity contribution in [2.75, 3.05) is 5.32 Å². The van der Waals surface area contributed by atoms with Gasteiger partial charge in [0, 0.05) is 18.3 Å². The van der Waals surface area contributed by atoms with Crippen molar-refractivity contribution >= 4 is 11.6 Å². The van der Waals surface area contributed by atoms with Gasteiger partial charge in [0.1, 0.15) is 0 Å². The first-order valence-corrected chi connectivity index (χ1v) is 7.03. The number of hydrogen-bond donors (Lipinski definition) is 1. The van der Waals surface area contributed by atoms with Crippen LogP contribution < -0.4 is 5.32 Å². The highest BCUT2D eigenvalue weighted by Crippen LogP contribution is 2.30. The van der Waals surface area contributed by atoms with Crippen molar-refractivity contribution in [1.82, 2.24) is 9.78 Å². The average molecular weight is 269 g/mol. The van der Waals surface area contributed by atoms with Crippen LogP contribution in [-0.4, -0.2) is 15.7 Å². The van der Waals surface area contributed by atoms with E-state index in [2.05, 4.69) is 10.4 Å². The van der Waals surface area contributed by atoms with Gasteiger partial charge in [0.25, 0.3) is 5.91 Å². The summed E-state index contributed by atoms with van der Waals surface area (Å²) in [5, 5.41) is 7.17. The smallest absolute Gasteiger partial charge is 0.255 e. The van der Waals surface area contributed by atoms with Crippen LogP contribution in [0.2, 0.25) is 0 Å². The molecule has 3 rings (SSSR count). The highest BCUT2D eigenvalue weighted by Gasteiger charge is 2.22. The first-order valence-electron chi connectivity index (χ1n) is 7.03. The maximum atomic E-state index is 12.2. The van der Waals surface area contributed by atoms with Gasteiger partial charge in [0.2, 0.25) is 0 Å². The summed E-state index contributed by atoms with van der Waals surface area (Å²) < 4.78 is 1.91. The Morgan fingerprint density at radius 3 is 2.85 bits per heavy atom. The Morgan fingerprint density at radius 2 is 2.15 bits per heavy atom. The van der Waals surface area contributed by atoms with E-state index in [4.69, 9.17) is 0 Å². The Balaban J connectivity index is 1.68. The minimum Gasteiger partial charge on any atom is -0.319 e.